The van der Waals surface area contributed by atoms with E-state index in [1.807, 2.05) is 13.0 Å². The number of hydrogen-bond acceptors (Lipinski definition) is 1. The number of carbonyl (C=O) groups excluding carboxylic acids is 1. The van der Waals surface area contributed by atoms with Gasteiger partial charge in [-0.15, -0.1) is 0 Å². The summed E-state index contributed by atoms with van der Waals surface area (Å²) in [5.74, 6) is -0.670. The highest BCUT2D eigenvalue weighted by Crippen LogP contribution is 2.23. The van der Waals surface area contributed by atoms with Crippen molar-refractivity contribution in [1.82, 2.24) is 0 Å². The first kappa shape index (κ1) is 14.0. The van der Waals surface area contributed by atoms with Gasteiger partial charge in [-0.2, -0.15) is 0 Å². The van der Waals surface area contributed by atoms with Gasteiger partial charge in [-0.1, -0.05) is 35.3 Å². The second-order valence-corrected chi connectivity index (χ2v) is 5.09. The second kappa shape index (κ2) is 5.72. The van der Waals surface area contributed by atoms with Crippen LogP contribution in [0.2, 0.25) is 10.0 Å². The number of carbonyl (C=O) groups is 1. The van der Waals surface area contributed by atoms with E-state index in [0.29, 0.717) is 15.6 Å². The Kier molecular flexibility index (Phi) is 4.23. The van der Waals surface area contributed by atoms with Gasteiger partial charge in [0.05, 0.1) is 5.02 Å². The van der Waals surface area contributed by atoms with Crippen LogP contribution in [0.15, 0.2) is 36.4 Å². The molecule has 0 saturated carbocycles. The average molecular weight is 297 g/mol. The van der Waals surface area contributed by atoms with Crippen LogP contribution in [0, 0.1) is 12.7 Å². The van der Waals surface area contributed by atoms with Crippen LogP contribution in [0.5, 0.6) is 0 Å². The fourth-order valence-electron chi connectivity index (χ4n) is 1.81. The lowest BCUT2D eigenvalue weighted by Gasteiger charge is -2.07. The Morgan fingerprint density at radius 1 is 1.21 bits per heavy atom. The van der Waals surface area contributed by atoms with E-state index in [0.717, 1.165) is 5.56 Å². The predicted molar refractivity (Wildman–Crippen MR) is 75.6 cm³/mol. The first-order valence-corrected chi connectivity index (χ1v) is 6.47. The maximum absolute atomic E-state index is 13.6. The highest BCUT2D eigenvalue weighted by atomic mass is 35.5. The maximum Gasteiger partial charge on any atom is 0.168 e. The Labute approximate surface area is 121 Å². The molecule has 0 fully saturated rings. The average Bonchev–Trinajstić information content (AvgIpc) is 2.37. The Hall–Kier alpha value is -1.38. The SMILES string of the molecule is Cc1cccc(C(=O)Cc2cc(Cl)ccc2F)c1Cl. The molecular formula is C15H11Cl2FO. The third-order valence-corrected chi connectivity index (χ3v) is 3.59. The lowest BCUT2D eigenvalue weighted by Crippen LogP contribution is -2.06. The molecule has 0 aliphatic heterocycles. The van der Waals surface area contributed by atoms with E-state index in [4.69, 9.17) is 23.2 Å². The highest BCUT2D eigenvalue weighted by molar-refractivity contribution is 6.34. The molecule has 0 heterocycles. The minimum absolute atomic E-state index is 0.0600. The molecule has 98 valence electrons. The molecular weight excluding hydrogens is 286 g/mol. The molecule has 0 aliphatic carbocycles. The summed E-state index contributed by atoms with van der Waals surface area (Å²) >= 11 is 11.9. The van der Waals surface area contributed by atoms with Crippen LogP contribution in [0.25, 0.3) is 0 Å². The van der Waals surface area contributed by atoms with Crippen LogP contribution < -0.4 is 0 Å². The fraction of sp³-hybridized carbons (Fsp3) is 0.133. The minimum Gasteiger partial charge on any atom is -0.294 e. The molecule has 0 radical (unpaired) electrons. The van der Waals surface area contributed by atoms with Crippen LogP contribution in [0.4, 0.5) is 4.39 Å². The number of aryl methyl sites for hydroxylation is 1. The molecule has 4 heteroatoms. The summed E-state index contributed by atoms with van der Waals surface area (Å²) in [6.45, 7) is 1.82. The van der Waals surface area contributed by atoms with Crippen LogP contribution in [0.1, 0.15) is 21.5 Å². The number of halogens is 3. The Bertz CT molecular complexity index is 638. The van der Waals surface area contributed by atoms with E-state index >= 15 is 0 Å². The molecule has 0 N–H and O–H groups in total. The molecule has 0 aliphatic rings. The van der Waals surface area contributed by atoms with Crippen LogP contribution >= 0.6 is 23.2 Å². The van der Waals surface area contributed by atoms with Gasteiger partial charge in [-0.25, -0.2) is 4.39 Å². The van der Waals surface area contributed by atoms with Crippen LogP contribution in [-0.4, -0.2) is 5.78 Å². The van der Waals surface area contributed by atoms with Crippen molar-refractivity contribution in [2.75, 3.05) is 0 Å². The topological polar surface area (TPSA) is 17.1 Å². The highest BCUT2D eigenvalue weighted by Gasteiger charge is 2.14. The number of rotatable bonds is 3. The van der Waals surface area contributed by atoms with Gasteiger partial charge >= 0.3 is 0 Å². The van der Waals surface area contributed by atoms with Gasteiger partial charge in [0.25, 0.3) is 0 Å². The molecule has 0 spiro atoms. The van der Waals surface area contributed by atoms with E-state index in [1.54, 1.807) is 12.1 Å². The summed E-state index contributed by atoms with van der Waals surface area (Å²) in [4.78, 5) is 12.2. The lowest BCUT2D eigenvalue weighted by molar-refractivity contribution is 0.0992. The molecule has 2 aromatic carbocycles. The molecule has 0 saturated heterocycles. The van der Waals surface area contributed by atoms with Crippen molar-refractivity contribution in [2.45, 2.75) is 13.3 Å². The predicted octanol–water partition coefficient (Wildman–Crippen LogP) is 4.87. The van der Waals surface area contributed by atoms with Crippen molar-refractivity contribution >= 4 is 29.0 Å². The van der Waals surface area contributed by atoms with E-state index in [2.05, 4.69) is 0 Å². The van der Waals surface area contributed by atoms with Crippen molar-refractivity contribution in [3.05, 3.63) is 69.0 Å². The smallest absolute Gasteiger partial charge is 0.168 e. The van der Waals surface area contributed by atoms with Gasteiger partial charge < -0.3 is 0 Å². The lowest BCUT2D eigenvalue weighted by atomic mass is 10.0. The summed E-state index contributed by atoms with van der Waals surface area (Å²) in [5.41, 5.74) is 1.50. The van der Waals surface area contributed by atoms with E-state index in [9.17, 15) is 9.18 Å². The largest absolute Gasteiger partial charge is 0.294 e. The number of hydrogen-bond donors (Lipinski definition) is 0. The third kappa shape index (κ3) is 3.14. The zero-order chi connectivity index (χ0) is 14.0. The van der Waals surface area contributed by atoms with Gasteiger partial charge in [0.1, 0.15) is 5.82 Å². The minimum atomic E-state index is -0.443. The van der Waals surface area contributed by atoms with E-state index < -0.39 is 5.82 Å². The van der Waals surface area contributed by atoms with Crippen LogP contribution in [-0.2, 0) is 6.42 Å². The van der Waals surface area contributed by atoms with Crippen molar-refractivity contribution in [3.63, 3.8) is 0 Å². The molecule has 19 heavy (non-hydrogen) atoms. The Morgan fingerprint density at radius 2 is 1.95 bits per heavy atom. The second-order valence-electron chi connectivity index (χ2n) is 4.27. The van der Waals surface area contributed by atoms with E-state index in [1.165, 1.54) is 18.2 Å². The fourth-order valence-corrected chi connectivity index (χ4v) is 2.24. The molecule has 0 aromatic heterocycles. The van der Waals surface area contributed by atoms with Crippen molar-refractivity contribution in [1.29, 1.82) is 0 Å². The Balaban J connectivity index is 2.31. The summed E-state index contributed by atoms with van der Waals surface area (Å²) < 4.78 is 13.6. The first-order valence-electron chi connectivity index (χ1n) is 5.71. The van der Waals surface area contributed by atoms with Crippen molar-refractivity contribution in [2.24, 2.45) is 0 Å². The number of ketones is 1. The maximum atomic E-state index is 13.6. The molecule has 1 nitrogen and oxygen atoms in total. The number of benzene rings is 2. The van der Waals surface area contributed by atoms with Crippen molar-refractivity contribution < 1.29 is 9.18 Å². The van der Waals surface area contributed by atoms with Gasteiger partial charge in [0.15, 0.2) is 5.78 Å². The normalized spacial score (nSPS) is 10.5. The molecule has 0 unspecified atom stereocenters. The van der Waals surface area contributed by atoms with Crippen molar-refractivity contribution in [3.8, 4) is 0 Å². The van der Waals surface area contributed by atoms with Gasteiger partial charge in [0.2, 0.25) is 0 Å². The summed E-state index contributed by atoms with van der Waals surface area (Å²) in [6.07, 6.45) is -0.0600. The molecule has 0 atom stereocenters. The first-order chi connectivity index (χ1) is 8.99. The molecule has 2 aromatic rings. The zero-order valence-electron chi connectivity index (χ0n) is 10.2. The summed E-state index contributed by atoms with van der Waals surface area (Å²) in [6, 6.07) is 9.37. The Morgan fingerprint density at radius 3 is 2.68 bits per heavy atom. The van der Waals surface area contributed by atoms with Gasteiger partial charge in [-0.3, -0.25) is 4.79 Å². The summed E-state index contributed by atoms with van der Waals surface area (Å²) in [5, 5.41) is 0.814. The molecule has 2 rings (SSSR count). The van der Waals surface area contributed by atoms with Crippen LogP contribution in [0.3, 0.4) is 0 Å². The quantitative estimate of drug-likeness (QED) is 0.739. The number of Topliss-reactive ketones (excluding diaryl/α,β-unsaturated/α-hetero) is 1. The summed E-state index contributed by atoms with van der Waals surface area (Å²) in [7, 11) is 0. The molecule has 0 bridgehead atoms. The zero-order valence-corrected chi connectivity index (χ0v) is 11.7. The van der Waals surface area contributed by atoms with Gasteiger partial charge in [0, 0.05) is 17.0 Å². The third-order valence-electron chi connectivity index (χ3n) is 2.85. The standard InChI is InChI=1S/C15H11Cl2FO/c1-9-3-2-4-12(15(9)17)14(19)8-10-7-11(16)5-6-13(10)18/h2-7H,8H2,1H3. The van der Waals surface area contributed by atoms with E-state index in [-0.39, 0.29) is 17.8 Å². The molecule has 0 amide bonds. The monoisotopic (exact) mass is 296 g/mol. The van der Waals surface area contributed by atoms with Gasteiger partial charge in [-0.05, 0) is 42.3 Å².